The third kappa shape index (κ3) is 5.63. The molecule has 2 rings (SSSR count). The molecule has 1 heterocycles. The lowest BCUT2D eigenvalue weighted by Crippen LogP contribution is -2.12. The van der Waals surface area contributed by atoms with Crippen molar-refractivity contribution in [3.8, 4) is 11.5 Å². The number of nitrogens with one attached hydrogen (secondary N) is 2. The minimum Gasteiger partial charge on any atom is -0.493 e. The number of nitrogens with zero attached hydrogens (tertiary/aromatic N) is 2. The molecule has 134 valence electrons. The topological polar surface area (TPSA) is 88.6 Å². The fourth-order valence-electron chi connectivity index (χ4n) is 2.23. The molecule has 2 N–H and O–H groups in total. The van der Waals surface area contributed by atoms with Crippen LogP contribution in [0.2, 0.25) is 0 Å². The summed E-state index contributed by atoms with van der Waals surface area (Å²) >= 11 is 0. The number of ether oxygens (including phenoxy) is 2. The molecule has 0 aliphatic carbocycles. The SMILES string of the molecule is CCCc1cc(=O)[nH]c(N/N=C/c2ccc(OC(C)C)c(OC)c2)n1. The first kappa shape index (κ1) is 18.5. The number of aromatic amines is 1. The maximum Gasteiger partial charge on any atom is 0.252 e. The van der Waals surface area contributed by atoms with Crippen LogP contribution in [0.25, 0.3) is 0 Å². The van der Waals surface area contributed by atoms with E-state index in [2.05, 4.69) is 20.5 Å². The van der Waals surface area contributed by atoms with E-state index in [9.17, 15) is 4.79 Å². The molecule has 0 bridgehead atoms. The van der Waals surface area contributed by atoms with Gasteiger partial charge in [0, 0.05) is 11.8 Å². The van der Waals surface area contributed by atoms with Gasteiger partial charge in [0.2, 0.25) is 5.95 Å². The molecule has 0 spiro atoms. The molecular weight excluding hydrogens is 320 g/mol. The Morgan fingerprint density at radius 3 is 2.80 bits per heavy atom. The molecule has 1 aromatic carbocycles. The van der Waals surface area contributed by atoms with E-state index in [4.69, 9.17) is 9.47 Å². The molecule has 0 aliphatic rings. The Morgan fingerprint density at radius 1 is 1.32 bits per heavy atom. The number of hydrogen-bond donors (Lipinski definition) is 2. The number of rotatable bonds is 8. The van der Waals surface area contributed by atoms with Crippen molar-refractivity contribution in [2.24, 2.45) is 5.10 Å². The Balaban J connectivity index is 2.10. The number of anilines is 1. The summed E-state index contributed by atoms with van der Waals surface area (Å²) < 4.78 is 11.0. The molecule has 0 aliphatic heterocycles. The Kier molecular flexibility index (Phi) is 6.56. The average molecular weight is 344 g/mol. The lowest BCUT2D eigenvalue weighted by molar-refractivity contribution is 0.230. The van der Waals surface area contributed by atoms with Crippen LogP contribution in [0.5, 0.6) is 11.5 Å². The van der Waals surface area contributed by atoms with Crippen molar-refractivity contribution in [1.82, 2.24) is 9.97 Å². The Morgan fingerprint density at radius 2 is 2.12 bits per heavy atom. The van der Waals surface area contributed by atoms with Gasteiger partial charge in [-0.25, -0.2) is 10.4 Å². The zero-order valence-electron chi connectivity index (χ0n) is 15.0. The van der Waals surface area contributed by atoms with Crippen LogP contribution < -0.4 is 20.5 Å². The van der Waals surface area contributed by atoms with Gasteiger partial charge in [-0.15, -0.1) is 0 Å². The summed E-state index contributed by atoms with van der Waals surface area (Å²) in [5.74, 6) is 1.63. The van der Waals surface area contributed by atoms with Crippen molar-refractivity contribution < 1.29 is 9.47 Å². The van der Waals surface area contributed by atoms with Crippen molar-refractivity contribution in [2.75, 3.05) is 12.5 Å². The van der Waals surface area contributed by atoms with Gasteiger partial charge in [-0.1, -0.05) is 13.3 Å². The normalized spacial score (nSPS) is 11.1. The van der Waals surface area contributed by atoms with Gasteiger partial charge >= 0.3 is 0 Å². The van der Waals surface area contributed by atoms with Gasteiger partial charge in [-0.2, -0.15) is 5.10 Å². The molecule has 0 saturated carbocycles. The van der Waals surface area contributed by atoms with Gasteiger partial charge in [0.15, 0.2) is 11.5 Å². The highest BCUT2D eigenvalue weighted by atomic mass is 16.5. The number of methoxy groups -OCH3 is 1. The summed E-state index contributed by atoms with van der Waals surface area (Å²) in [6.07, 6.45) is 3.35. The average Bonchev–Trinajstić information content (AvgIpc) is 2.55. The van der Waals surface area contributed by atoms with Crippen LogP contribution in [0.1, 0.15) is 38.4 Å². The first-order valence-corrected chi connectivity index (χ1v) is 8.25. The minimum atomic E-state index is -0.201. The van der Waals surface area contributed by atoms with Crippen molar-refractivity contribution >= 4 is 12.2 Å². The monoisotopic (exact) mass is 344 g/mol. The van der Waals surface area contributed by atoms with Crippen LogP contribution in [0.4, 0.5) is 5.95 Å². The molecule has 0 atom stereocenters. The quantitative estimate of drug-likeness (QED) is 0.568. The van der Waals surface area contributed by atoms with E-state index in [1.165, 1.54) is 6.07 Å². The van der Waals surface area contributed by atoms with Gasteiger partial charge in [-0.05, 0) is 44.0 Å². The first-order valence-electron chi connectivity index (χ1n) is 8.25. The van der Waals surface area contributed by atoms with E-state index in [-0.39, 0.29) is 11.7 Å². The Bertz CT molecular complexity index is 784. The molecule has 7 heteroatoms. The van der Waals surface area contributed by atoms with Gasteiger partial charge in [0.1, 0.15) is 0 Å². The summed E-state index contributed by atoms with van der Waals surface area (Å²) in [4.78, 5) is 18.5. The van der Waals surface area contributed by atoms with E-state index < -0.39 is 0 Å². The van der Waals surface area contributed by atoms with Gasteiger partial charge in [-0.3, -0.25) is 9.78 Å². The number of aryl methyl sites for hydroxylation is 1. The first-order chi connectivity index (χ1) is 12.0. The largest absolute Gasteiger partial charge is 0.493 e. The third-order valence-corrected chi connectivity index (χ3v) is 3.24. The highest BCUT2D eigenvalue weighted by molar-refractivity contribution is 5.81. The van der Waals surface area contributed by atoms with E-state index in [0.717, 1.165) is 24.1 Å². The third-order valence-electron chi connectivity index (χ3n) is 3.24. The summed E-state index contributed by atoms with van der Waals surface area (Å²) in [5, 5.41) is 4.12. The van der Waals surface area contributed by atoms with E-state index in [1.807, 2.05) is 39.0 Å². The maximum absolute atomic E-state index is 11.6. The Hall–Kier alpha value is -2.83. The summed E-state index contributed by atoms with van der Waals surface area (Å²) in [6.45, 7) is 5.95. The van der Waals surface area contributed by atoms with Crippen molar-refractivity contribution in [1.29, 1.82) is 0 Å². The lowest BCUT2D eigenvalue weighted by atomic mass is 10.2. The van der Waals surface area contributed by atoms with Crippen molar-refractivity contribution in [3.63, 3.8) is 0 Å². The second kappa shape index (κ2) is 8.86. The van der Waals surface area contributed by atoms with Gasteiger partial charge in [0.05, 0.1) is 19.4 Å². The summed E-state index contributed by atoms with van der Waals surface area (Å²) in [5.41, 5.74) is 4.11. The van der Waals surface area contributed by atoms with Crippen molar-refractivity contribution in [2.45, 2.75) is 39.7 Å². The zero-order valence-corrected chi connectivity index (χ0v) is 15.0. The summed E-state index contributed by atoms with van der Waals surface area (Å²) in [7, 11) is 1.59. The fourth-order valence-corrected chi connectivity index (χ4v) is 2.23. The van der Waals surface area contributed by atoms with Crippen LogP contribution in [-0.2, 0) is 6.42 Å². The van der Waals surface area contributed by atoms with E-state index in [1.54, 1.807) is 13.3 Å². The molecule has 0 saturated heterocycles. The second-order valence-electron chi connectivity index (χ2n) is 5.78. The second-order valence-corrected chi connectivity index (χ2v) is 5.78. The molecule has 1 aromatic heterocycles. The highest BCUT2D eigenvalue weighted by Crippen LogP contribution is 2.28. The van der Waals surface area contributed by atoms with E-state index >= 15 is 0 Å². The number of H-pyrrole nitrogens is 1. The predicted molar refractivity (Wildman–Crippen MR) is 98.8 cm³/mol. The molecule has 0 radical (unpaired) electrons. The molecule has 0 amide bonds. The summed E-state index contributed by atoms with van der Waals surface area (Å²) in [6, 6.07) is 7.03. The number of hydrazone groups is 1. The lowest BCUT2D eigenvalue weighted by Gasteiger charge is -2.13. The van der Waals surface area contributed by atoms with Crippen LogP contribution in [0, 0.1) is 0 Å². The standard InChI is InChI=1S/C18H24N4O3/c1-5-6-14-10-17(23)21-18(20-14)22-19-11-13-7-8-15(25-12(2)3)16(9-13)24-4/h7-12H,5-6H2,1-4H3,(H2,20,21,22,23)/b19-11+. The number of aromatic nitrogens is 2. The van der Waals surface area contributed by atoms with E-state index in [0.29, 0.717) is 17.4 Å². The van der Waals surface area contributed by atoms with Crippen LogP contribution in [0.15, 0.2) is 34.2 Å². The van der Waals surface area contributed by atoms with Crippen molar-refractivity contribution in [3.05, 3.63) is 45.9 Å². The van der Waals surface area contributed by atoms with Gasteiger partial charge in [0.25, 0.3) is 5.56 Å². The minimum absolute atomic E-state index is 0.0633. The smallest absolute Gasteiger partial charge is 0.252 e. The molecule has 0 unspecified atom stereocenters. The van der Waals surface area contributed by atoms with Crippen LogP contribution in [0.3, 0.4) is 0 Å². The molecule has 0 fully saturated rings. The molecule has 25 heavy (non-hydrogen) atoms. The van der Waals surface area contributed by atoms with Gasteiger partial charge < -0.3 is 9.47 Å². The Labute approximate surface area is 147 Å². The number of benzene rings is 1. The number of hydrogen-bond acceptors (Lipinski definition) is 6. The molecular formula is C18H24N4O3. The van der Waals surface area contributed by atoms with Crippen LogP contribution >= 0.6 is 0 Å². The zero-order chi connectivity index (χ0) is 18.2. The highest BCUT2D eigenvalue weighted by Gasteiger charge is 2.06. The maximum atomic E-state index is 11.6. The predicted octanol–water partition coefficient (Wildman–Crippen LogP) is 2.96. The molecule has 7 nitrogen and oxygen atoms in total. The fraction of sp³-hybridized carbons (Fsp3) is 0.389. The molecule has 2 aromatic rings. The van der Waals surface area contributed by atoms with Crippen LogP contribution in [-0.4, -0.2) is 29.4 Å².